The molecule has 0 heterocycles. The predicted octanol–water partition coefficient (Wildman–Crippen LogP) is 2.76. The standard InChI is InChI=1S/C13H19N/c1-3-9-7-10(4-2)13-11(8-9)5-6-12(13)14/h7-8,12H,3-6,14H2,1-2H3. The molecule has 0 amide bonds. The van der Waals surface area contributed by atoms with Gasteiger partial charge < -0.3 is 5.73 Å². The van der Waals surface area contributed by atoms with Crippen LogP contribution in [0, 0.1) is 0 Å². The van der Waals surface area contributed by atoms with Crippen LogP contribution in [-0.2, 0) is 19.3 Å². The third-order valence-electron chi connectivity index (χ3n) is 3.30. The molecule has 1 aromatic rings. The Bertz CT molecular complexity index is 341. The highest BCUT2D eigenvalue weighted by atomic mass is 14.6. The molecule has 1 aliphatic carbocycles. The summed E-state index contributed by atoms with van der Waals surface area (Å²) < 4.78 is 0. The fraction of sp³-hybridized carbons (Fsp3) is 0.538. The maximum absolute atomic E-state index is 6.11. The van der Waals surface area contributed by atoms with Crippen LogP contribution in [0.3, 0.4) is 0 Å². The van der Waals surface area contributed by atoms with Crippen molar-refractivity contribution in [3.05, 3.63) is 34.4 Å². The molecular weight excluding hydrogens is 170 g/mol. The molecule has 2 N–H and O–H groups in total. The van der Waals surface area contributed by atoms with Crippen molar-refractivity contribution >= 4 is 0 Å². The van der Waals surface area contributed by atoms with E-state index in [4.69, 9.17) is 5.73 Å². The molecule has 1 unspecified atom stereocenters. The summed E-state index contributed by atoms with van der Waals surface area (Å²) in [5.74, 6) is 0. The number of aryl methyl sites for hydroxylation is 3. The molecule has 1 aromatic carbocycles. The zero-order valence-corrected chi connectivity index (χ0v) is 9.14. The molecule has 0 bridgehead atoms. The predicted molar refractivity (Wildman–Crippen MR) is 60.4 cm³/mol. The van der Waals surface area contributed by atoms with Crippen LogP contribution >= 0.6 is 0 Å². The van der Waals surface area contributed by atoms with E-state index >= 15 is 0 Å². The molecular formula is C13H19N. The Morgan fingerprint density at radius 3 is 2.71 bits per heavy atom. The van der Waals surface area contributed by atoms with E-state index < -0.39 is 0 Å². The summed E-state index contributed by atoms with van der Waals surface area (Å²) in [5.41, 5.74) is 12.0. The van der Waals surface area contributed by atoms with Gasteiger partial charge in [0, 0.05) is 6.04 Å². The van der Waals surface area contributed by atoms with Crippen molar-refractivity contribution in [1.29, 1.82) is 0 Å². The molecule has 1 aliphatic rings. The lowest BCUT2D eigenvalue weighted by atomic mass is 9.95. The molecule has 0 saturated carbocycles. The van der Waals surface area contributed by atoms with Crippen molar-refractivity contribution in [3.8, 4) is 0 Å². The fourth-order valence-electron chi connectivity index (χ4n) is 2.49. The third-order valence-corrected chi connectivity index (χ3v) is 3.30. The highest BCUT2D eigenvalue weighted by Gasteiger charge is 2.21. The summed E-state index contributed by atoms with van der Waals surface area (Å²) in [7, 11) is 0. The van der Waals surface area contributed by atoms with Gasteiger partial charge in [0.2, 0.25) is 0 Å². The largest absolute Gasteiger partial charge is 0.324 e. The number of hydrogen-bond acceptors (Lipinski definition) is 1. The Morgan fingerprint density at radius 2 is 2.07 bits per heavy atom. The molecule has 1 atom stereocenters. The molecule has 0 saturated heterocycles. The van der Waals surface area contributed by atoms with Gasteiger partial charge in [-0.3, -0.25) is 0 Å². The van der Waals surface area contributed by atoms with Crippen LogP contribution in [-0.4, -0.2) is 0 Å². The second-order valence-electron chi connectivity index (χ2n) is 4.18. The van der Waals surface area contributed by atoms with Gasteiger partial charge >= 0.3 is 0 Å². The Labute approximate surface area is 86.3 Å². The topological polar surface area (TPSA) is 26.0 Å². The van der Waals surface area contributed by atoms with Crippen LogP contribution in [0.5, 0.6) is 0 Å². The zero-order chi connectivity index (χ0) is 10.1. The number of rotatable bonds is 2. The average molecular weight is 189 g/mol. The normalized spacial score (nSPS) is 19.8. The van der Waals surface area contributed by atoms with Crippen molar-refractivity contribution in [1.82, 2.24) is 0 Å². The summed E-state index contributed by atoms with van der Waals surface area (Å²) >= 11 is 0. The minimum absolute atomic E-state index is 0.297. The second kappa shape index (κ2) is 3.74. The van der Waals surface area contributed by atoms with E-state index in [1.54, 1.807) is 0 Å². The monoisotopic (exact) mass is 189 g/mol. The van der Waals surface area contributed by atoms with Crippen molar-refractivity contribution in [2.75, 3.05) is 0 Å². The van der Waals surface area contributed by atoms with Gasteiger partial charge in [-0.25, -0.2) is 0 Å². The molecule has 0 spiro atoms. The third kappa shape index (κ3) is 1.46. The smallest absolute Gasteiger partial charge is 0.0303 e. The maximum Gasteiger partial charge on any atom is 0.0303 e. The van der Waals surface area contributed by atoms with E-state index in [9.17, 15) is 0 Å². The van der Waals surface area contributed by atoms with E-state index in [1.165, 1.54) is 28.7 Å². The van der Waals surface area contributed by atoms with Crippen molar-refractivity contribution in [2.24, 2.45) is 5.73 Å². The van der Waals surface area contributed by atoms with Crippen LogP contribution < -0.4 is 5.73 Å². The molecule has 0 aromatic heterocycles. The van der Waals surface area contributed by atoms with Gasteiger partial charge in [-0.15, -0.1) is 0 Å². The molecule has 0 radical (unpaired) electrons. The molecule has 0 fully saturated rings. The summed E-state index contributed by atoms with van der Waals surface area (Å²) in [6.07, 6.45) is 4.56. The summed E-state index contributed by atoms with van der Waals surface area (Å²) in [5, 5.41) is 0. The van der Waals surface area contributed by atoms with Crippen LogP contribution in [0.2, 0.25) is 0 Å². The van der Waals surface area contributed by atoms with E-state index in [-0.39, 0.29) is 0 Å². The summed E-state index contributed by atoms with van der Waals surface area (Å²) in [6.45, 7) is 4.44. The number of nitrogens with two attached hydrogens (primary N) is 1. The lowest BCUT2D eigenvalue weighted by molar-refractivity contribution is 0.707. The number of fused-ring (bicyclic) bond motifs is 1. The van der Waals surface area contributed by atoms with E-state index in [1.807, 2.05) is 0 Å². The van der Waals surface area contributed by atoms with E-state index in [0.717, 1.165) is 19.3 Å². The minimum Gasteiger partial charge on any atom is -0.324 e. The van der Waals surface area contributed by atoms with Crippen molar-refractivity contribution < 1.29 is 0 Å². The van der Waals surface area contributed by atoms with Gasteiger partial charge in [-0.1, -0.05) is 26.0 Å². The first-order valence-electron chi connectivity index (χ1n) is 5.66. The summed E-state index contributed by atoms with van der Waals surface area (Å²) in [4.78, 5) is 0. The van der Waals surface area contributed by atoms with Gasteiger partial charge in [0.25, 0.3) is 0 Å². The highest BCUT2D eigenvalue weighted by molar-refractivity contribution is 5.44. The molecule has 14 heavy (non-hydrogen) atoms. The van der Waals surface area contributed by atoms with E-state index in [2.05, 4.69) is 26.0 Å². The SMILES string of the molecule is CCc1cc(CC)c2c(c1)CCC2N. The molecule has 0 aliphatic heterocycles. The fourth-order valence-corrected chi connectivity index (χ4v) is 2.49. The van der Waals surface area contributed by atoms with Crippen LogP contribution in [0.4, 0.5) is 0 Å². The average Bonchev–Trinajstić information content (AvgIpc) is 2.59. The Balaban J connectivity index is 2.52. The number of benzene rings is 1. The zero-order valence-electron chi connectivity index (χ0n) is 9.14. The first kappa shape index (κ1) is 9.72. The Morgan fingerprint density at radius 1 is 1.29 bits per heavy atom. The van der Waals surface area contributed by atoms with Crippen molar-refractivity contribution in [3.63, 3.8) is 0 Å². The number of hydrogen-bond donors (Lipinski definition) is 1. The molecule has 1 nitrogen and oxygen atoms in total. The van der Waals surface area contributed by atoms with E-state index in [0.29, 0.717) is 6.04 Å². The van der Waals surface area contributed by atoms with Gasteiger partial charge in [-0.2, -0.15) is 0 Å². The molecule has 2 rings (SSSR count). The lowest BCUT2D eigenvalue weighted by Gasteiger charge is -2.12. The second-order valence-corrected chi connectivity index (χ2v) is 4.18. The van der Waals surface area contributed by atoms with Gasteiger partial charge in [0.05, 0.1) is 0 Å². The van der Waals surface area contributed by atoms with Crippen LogP contribution in [0.15, 0.2) is 12.1 Å². The van der Waals surface area contributed by atoms with Gasteiger partial charge in [-0.05, 0) is 47.9 Å². The summed E-state index contributed by atoms with van der Waals surface area (Å²) in [6, 6.07) is 4.98. The van der Waals surface area contributed by atoms with Gasteiger partial charge in [0.15, 0.2) is 0 Å². The van der Waals surface area contributed by atoms with Crippen LogP contribution in [0.25, 0.3) is 0 Å². The quantitative estimate of drug-likeness (QED) is 0.760. The van der Waals surface area contributed by atoms with Gasteiger partial charge in [0.1, 0.15) is 0 Å². The first-order chi connectivity index (χ1) is 6.76. The highest BCUT2D eigenvalue weighted by Crippen LogP contribution is 2.33. The Hall–Kier alpha value is -0.820. The Kier molecular flexibility index (Phi) is 2.60. The molecule has 1 heteroatoms. The molecule has 76 valence electrons. The van der Waals surface area contributed by atoms with Crippen LogP contribution in [0.1, 0.15) is 48.6 Å². The van der Waals surface area contributed by atoms with Crippen molar-refractivity contribution in [2.45, 2.75) is 45.6 Å². The maximum atomic E-state index is 6.11. The lowest BCUT2D eigenvalue weighted by Crippen LogP contribution is -2.08. The minimum atomic E-state index is 0.297. The first-order valence-corrected chi connectivity index (χ1v) is 5.66.